The van der Waals surface area contributed by atoms with Crippen LogP contribution in [-0.2, 0) is 4.74 Å². The molecular weight excluding hydrogens is 300 g/mol. The number of carboxylic acid groups (broad SMARTS) is 1. The van der Waals surface area contributed by atoms with Gasteiger partial charge in [0.15, 0.2) is 0 Å². The number of nitrogens with zero attached hydrogens (tertiary/aromatic N) is 1. The number of aliphatic hydroxyl groups is 1. The summed E-state index contributed by atoms with van der Waals surface area (Å²) in [5.41, 5.74) is 1.05. The lowest BCUT2D eigenvalue weighted by Gasteiger charge is -2.14. The number of anilines is 1. The van der Waals surface area contributed by atoms with Crippen LogP contribution in [-0.4, -0.2) is 46.9 Å². The molecule has 0 spiro atoms. The topological polar surface area (TPSA) is 109 Å². The Kier molecular flexibility index (Phi) is 5.48. The molecule has 0 radical (unpaired) electrons. The molecule has 2 aromatic rings. The van der Waals surface area contributed by atoms with Crippen LogP contribution in [0.5, 0.6) is 0 Å². The van der Waals surface area contributed by atoms with Gasteiger partial charge in [-0.1, -0.05) is 12.1 Å². The number of rotatable bonds is 7. The summed E-state index contributed by atoms with van der Waals surface area (Å²) in [6.07, 6.45) is 1.80. The van der Waals surface area contributed by atoms with E-state index in [-0.39, 0.29) is 24.3 Å². The van der Waals surface area contributed by atoms with Crippen LogP contribution in [0.4, 0.5) is 5.69 Å². The number of aromatic nitrogens is 1. The Labute approximate surface area is 132 Å². The molecule has 0 atom stereocenters. The number of fused-ring (bicyclic) bond motifs is 1. The van der Waals surface area contributed by atoms with Crippen LogP contribution in [0.2, 0.25) is 0 Å². The highest BCUT2D eigenvalue weighted by atomic mass is 16.5. The largest absolute Gasteiger partial charge is 0.478 e. The van der Waals surface area contributed by atoms with Gasteiger partial charge in [-0.15, -0.1) is 0 Å². The van der Waals surface area contributed by atoms with Gasteiger partial charge in [-0.25, -0.2) is 9.59 Å². The monoisotopic (exact) mass is 318 g/mol. The first kappa shape index (κ1) is 16.7. The van der Waals surface area contributed by atoms with Gasteiger partial charge in [0, 0.05) is 24.7 Å². The molecule has 1 aromatic heterocycles. The summed E-state index contributed by atoms with van der Waals surface area (Å²) in [7, 11) is 0. The number of benzene rings is 1. The predicted molar refractivity (Wildman–Crippen MR) is 84.9 cm³/mol. The van der Waals surface area contributed by atoms with Crippen molar-refractivity contribution in [2.45, 2.75) is 13.3 Å². The number of ether oxygens (including phenoxy) is 1. The van der Waals surface area contributed by atoms with Gasteiger partial charge in [-0.2, -0.15) is 0 Å². The van der Waals surface area contributed by atoms with E-state index in [0.29, 0.717) is 29.6 Å². The second-order valence-corrected chi connectivity index (χ2v) is 4.78. The number of nitrogens with one attached hydrogen (secondary N) is 1. The summed E-state index contributed by atoms with van der Waals surface area (Å²) in [5, 5.41) is 21.8. The Morgan fingerprint density at radius 1 is 1.30 bits per heavy atom. The number of esters is 1. The number of carbonyl (C=O) groups excluding carboxylic acids is 1. The van der Waals surface area contributed by atoms with E-state index in [1.54, 1.807) is 19.1 Å². The third kappa shape index (κ3) is 3.57. The highest BCUT2D eigenvalue weighted by Crippen LogP contribution is 2.28. The summed E-state index contributed by atoms with van der Waals surface area (Å²) < 4.78 is 5.02. The van der Waals surface area contributed by atoms with Crippen molar-refractivity contribution in [1.29, 1.82) is 0 Å². The van der Waals surface area contributed by atoms with Gasteiger partial charge in [0.25, 0.3) is 0 Å². The lowest BCUT2D eigenvalue weighted by Crippen LogP contribution is -2.13. The van der Waals surface area contributed by atoms with Crippen molar-refractivity contribution in [3.05, 3.63) is 35.5 Å². The van der Waals surface area contributed by atoms with Crippen LogP contribution in [0.25, 0.3) is 10.9 Å². The second kappa shape index (κ2) is 7.55. The molecule has 0 unspecified atom stereocenters. The van der Waals surface area contributed by atoms with E-state index in [1.807, 2.05) is 0 Å². The van der Waals surface area contributed by atoms with Crippen molar-refractivity contribution in [3.8, 4) is 0 Å². The average Bonchev–Trinajstić information content (AvgIpc) is 2.54. The first-order chi connectivity index (χ1) is 11.1. The lowest BCUT2D eigenvalue weighted by atomic mass is 10.1. The van der Waals surface area contributed by atoms with E-state index in [1.165, 1.54) is 12.3 Å². The molecule has 1 heterocycles. The van der Waals surface area contributed by atoms with E-state index < -0.39 is 11.9 Å². The van der Waals surface area contributed by atoms with Gasteiger partial charge in [0.05, 0.1) is 23.4 Å². The number of aliphatic hydroxyl groups excluding tert-OH is 1. The lowest BCUT2D eigenvalue weighted by molar-refractivity contribution is 0.0526. The maximum absolute atomic E-state index is 12.1. The molecule has 0 aliphatic carbocycles. The number of pyridine rings is 1. The maximum Gasteiger partial charge on any atom is 0.341 e. The Bertz CT molecular complexity index is 730. The third-order valence-corrected chi connectivity index (χ3v) is 3.26. The highest BCUT2D eigenvalue weighted by molar-refractivity contribution is 6.10. The Balaban J connectivity index is 2.60. The quantitative estimate of drug-likeness (QED) is 0.528. The van der Waals surface area contributed by atoms with Crippen molar-refractivity contribution >= 4 is 28.5 Å². The van der Waals surface area contributed by atoms with E-state index in [2.05, 4.69) is 10.3 Å². The molecule has 1 aromatic carbocycles. The van der Waals surface area contributed by atoms with Crippen molar-refractivity contribution in [1.82, 2.24) is 4.98 Å². The smallest absolute Gasteiger partial charge is 0.341 e. The highest BCUT2D eigenvalue weighted by Gasteiger charge is 2.19. The minimum atomic E-state index is -1.09. The predicted octanol–water partition coefficient (Wildman–Crippen LogP) is 1.90. The maximum atomic E-state index is 12.1. The molecule has 0 fully saturated rings. The van der Waals surface area contributed by atoms with Gasteiger partial charge in [-0.05, 0) is 19.4 Å². The van der Waals surface area contributed by atoms with Gasteiger partial charge in [0.2, 0.25) is 0 Å². The molecule has 0 saturated carbocycles. The summed E-state index contributed by atoms with van der Waals surface area (Å²) in [4.78, 5) is 27.5. The zero-order valence-corrected chi connectivity index (χ0v) is 12.7. The zero-order valence-electron chi connectivity index (χ0n) is 12.7. The standard InChI is InChI=1S/C16H18N2O5/c1-2-23-16(22)12-9-18-13-10(14(12)17-7-4-8-19)5-3-6-11(13)15(20)21/h3,5-6,9,19H,2,4,7-8H2,1H3,(H,17,18)(H,20,21). The molecular formula is C16H18N2O5. The third-order valence-electron chi connectivity index (χ3n) is 3.26. The van der Waals surface area contributed by atoms with Crippen LogP contribution >= 0.6 is 0 Å². The Morgan fingerprint density at radius 2 is 2.09 bits per heavy atom. The van der Waals surface area contributed by atoms with Gasteiger partial charge >= 0.3 is 11.9 Å². The molecule has 23 heavy (non-hydrogen) atoms. The van der Waals surface area contributed by atoms with Crippen LogP contribution in [0.1, 0.15) is 34.1 Å². The number of aromatic carboxylic acids is 1. The second-order valence-electron chi connectivity index (χ2n) is 4.78. The summed E-state index contributed by atoms with van der Waals surface area (Å²) in [5.74, 6) is -1.62. The first-order valence-electron chi connectivity index (χ1n) is 7.27. The summed E-state index contributed by atoms with van der Waals surface area (Å²) in [6, 6.07) is 4.75. The van der Waals surface area contributed by atoms with Crippen molar-refractivity contribution in [2.24, 2.45) is 0 Å². The molecule has 0 bridgehead atoms. The van der Waals surface area contributed by atoms with Crippen molar-refractivity contribution < 1.29 is 24.5 Å². The van der Waals surface area contributed by atoms with E-state index >= 15 is 0 Å². The Morgan fingerprint density at radius 3 is 2.74 bits per heavy atom. The fraction of sp³-hybridized carbons (Fsp3) is 0.312. The number of hydrogen-bond donors (Lipinski definition) is 3. The molecule has 0 aliphatic rings. The molecule has 0 saturated heterocycles. The molecule has 3 N–H and O–H groups in total. The molecule has 2 rings (SSSR count). The van der Waals surface area contributed by atoms with Gasteiger partial charge < -0.3 is 20.3 Å². The Hall–Kier alpha value is -2.67. The van der Waals surface area contributed by atoms with E-state index in [0.717, 1.165) is 0 Å². The molecule has 0 aliphatic heterocycles. The average molecular weight is 318 g/mol. The SMILES string of the molecule is CCOC(=O)c1cnc2c(C(=O)O)cccc2c1NCCCO. The van der Waals surface area contributed by atoms with Crippen molar-refractivity contribution in [2.75, 3.05) is 25.1 Å². The number of hydrogen-bond acceptors (Lipinski definition) is 6. The number of carboxylic acids is 1. The first-order valence-corrected chi connectivity index (χ1v) is 7.27. The van der Waals surface area contributed by atoms with E-state index in [9.17, 15) is 14.7 Å². The van der Waals surface area contributed by atoms with E-state index in [4.69, 9.17) is 9.84 Å². The minimum Gasteiger partial charge on any atom is -0.478 e. The van der Waals surface area contributed by atoms with Crippen LogP contribution in [0.15, 0.2) is 24.4 Å². The zero-order chi connectivity index (χ0) is 16.8. The summed E-state index contributed by atoms with van der Waals surface area (Å²) in [6.45, 7) is 2.36. The fourth-order valence-electron chi connectivity index (χ4n) is 2.24. The molecule has 0 amide bonds. The fourth-order valence-corrected chi connectivity index (χ4v) is 2.24. The molecule has 122 valence electrons. The normalized spacial score (nSPS) is 10.5. The van der Waals surface area contributed by atoms with Crippen LogP contribution in [0, 0.1) is 0 Å². The molecule has 7 nitrogen and oxygen atoms in total. The number of carbonyl (C=O) groups is 2. The van der Waals surface area contributed by atoms with Crippen LogP contribution < -0.4 is 5.32 Å². The number of para-hydroxylation sites is 1. The van der Waals surface area contributed by atoms with Crippen molar-refractivity contribution in [3.63, 3.8) is 0 Å². The van der Waals surface area contributed by atoms with Gasteiger partial charge in [0.1, 0.15) is 5.56 Å². The minimum absolute atomic E-state index is 0.00509. The molecule has 7 heteroatoms. The van der Waals surface area contributed by atoms with Gasteiger partial charge in [-0.3, -0.25) is 4.98 Å². The van der Waals surface area contributed by atoms with Crippen LogP contribution in [0.3, 0.4) is 0 Å². The summed E-state index contributed by atoms with van der Waals surface area (Å²) >= 11 is 0.